The van der Waals surface area contributed by atoms with Gasteiger partial charge < -0.3 is 4.74 Å². The van der Waals surface area contributed by atoms with Crippen LogP contribution in [0.25, 0.3) is 11.0 Å². The van der Waals surface area contributed by atoms with E-state index in [1.807, 2.05) is 24.3 Å². The average molecular weight is 340 g/mol. The minimum atomic E-state index is -0.237. The van der Waals surface area contributed by atoms with Crippen molar-refractivity contribution in [3.63, 3.8) is 0 Å². The number of rotatable bonds is 2. The van der Waals surface area contributed by atoms with Gasteiger partial charge in [0.15, 0.2) is 18.0 Å². The van der Waals surface area contributed by atoms with Crippen molar-refractivity contribution in [3.8, 4) is 0 Å². The molecule has 6 rings (SSSR count). The highest BCUT2D eigenvalue weighted by molar-refractivity contribution is 5.90. The Kier molecular flexibility index (Phi) is 3.23. The first-order valence-corrected chi connectivity index (χ1v) is 8.84. The summed E-state index contributed by atoms with van der Waals surface area (Å²) < 4.78 is 7.03. The molecule has 4 aliphatic heterocycles. The topological polar surface area (TPSA) is 68.6 Å². The number of amidine groups is 1. The van der Waals surface area contributed by atoms with Crippen LogP contribution in [0.15, 0.2) is 35.5 Å². The number of aliphatic imine (C=N–C) groups is 1. The van der Waals surface area contributed by atoms with Gasteiger partial charge in [0, 0.05) is 18.8 Å². The molecule has 3 saturated heterocycles. The van der Waals surface area contributed by atoms with Gasteiger partial charge in [0.05, 0.1) is 30.9 Å². The van der Waals surface area contributed by atoms with Gasteiger partial charge in [0.25, 0.3) is 6.02 Å². The molecule has 2 aromatic rings. The van der Waals surface area contributed by atoms with Crippen molar-refractivity contribution in [2.75, 3.05) is 38.6 Å². The number of hydrogen-bond donors (Lipinski definition) is 1. The van der Waals surface area contributed by atoms with Crippen molar-refractivity contribution < 1.29 is 14.2 Å². The first-order chi connectivity index (χ1) is 12.2. The smallest absolute Gasteiger partial charge is 0.291 e. The summed E-state index contributed by atoms with van der Waals surface area (Å²) in [6, 6.07) is 8.37. The zero-order valence-corrected chi connectivity index (χ0v) is 14.3. The van der Waals surface area contributed by atoms with Crippen LogP contribution in [-0.4, -0.2) is 59.5 Å². The van der Waals surface area contributed by atoms with Crippen molar-refractivity contribution in [2.45, 2.75) is 18.4 Å². The maximum atomic E-state index is 6.34. The lowest BCUT2D eigenvalue weighted by atomic mass is 9.75. The van der Waals surface area contributed by atoms with Gasteiger partial charge in [0.2, 0.25) is 0 Å². The zero-order valence-electron chi connectivity index (χ0n) is 14.3. The number of fused-ring (bicyclic) bond motifs is 3. The molecule has 25 heavy (non-hydrogen) atoms. The van der Waals surface area contributed by atoms with Gasteiger partial charge in [-0.3, -0.25) is 10.3 Å². The Balaban J connectivity index is 1.35. The molecule has 4 aliphatic rings. The van der Waals surface area contributed by atoms with E-state index in [0.717, 1.165) is 43.5 Å². The molecule has 0 radical (unpaired) electrons. The maximum Gasteiger partial charge on any atom is 0.291 e. The van der Waals surface area contributed by atoms with Gasteiger partial charge >= 0.3 is 0 Å². The summed E-state index contributed by atoms with van der Waals surface area (Å²) in [6.07, 6.45) is 3.98. The van der Waals surface area contributed by atoms with E-state index in [1.54, 1.807) is 13.3 Å². The van der Waals surface area contributed by atoms with Gasteiger partial charge in [-0.1, -0.05) is 12.1 Å². The summed E-state index contributed by atoms with van der Waals surface area (Å²) in [5.41, 5.74) is 1.49. The average Bonchev–Trinajstić information content (AvgIpc) is 3.04. The van der Waals surface area contributed by atoms with Crippen molar-refractivity contribution >= 4 is 22.9 Å². The number of benzene rings is 1. The number of nitrogens with zero attached hydrogens (tertiary/aromatic N) is 4. The van der Waals surface area contributed by atoms with Crippen LogP contribution in [0.5, 0.6) is 0 Å². The van der Waals surface area contributed by atoms with Crippen LogP contribution in [0.4, 0.5) is 5.82 Å². The number of hydrogen-bond acceptors (Lipinski definition) is 6. The molecule has 7 heteroatoms. The van der Waals surface area contributed by atoms with E-state index < -0.39 is 0 Å². The van der Waals surface area contributed by atoms with Crippen LogP contribution in [0.2, 0.25) is 0 Å². The van der Waals surface area contributed by atoms with E-state index in [0.29, 0.717) is 28.9 Å². The van der Waals surface area contributed by atoms with Crippen molar-refractivity contribution in [1.82, 2.24) is 9.97 Å². The van der Waals surface area contributed by atoms with Crippen LogP contribution in [0.1, 0.15) is 12.8 Å². The highest BCUT2D eigenvalue weighted by Gasteiger charge is 2.60. The molecule has 5 heterocycles. The normalized spacial score (nSPS) is 33.5. The fraction of sp³-hybridized carbons (Fsp3) is 0.500. The second kappa shape index (κ2) is 5.37. The number of hydroxylamine groups is 3. The van der Waals surface area contributed by atoms with Crippen molar-refractivity contribution in [3.05, 3.63) is 30.5 Å². The van der Waals surface area contributed by atoms with E-state index in [4.69, 9.17) is 9.57 Å². The van der Waals surface area contributed by atoms with Gasteiger partial charge in [-0.15, -0.1) is 0 Å². The minimum absolute atomic E-state index is 0.237. The molecule has 1 aromatic carbocycles. The van der Waals surface area contributed by atoms with Crippen LogP contribution < -0.4 is 5.32 Å². The second-order valence-electron chi connectivity index (χ2n) is 7.28. The van der Waals surface area contributed by atoms with E-state index in [2.05, 4.69) is 20.3 Å². The maximum absolute atomic E-state index is 6.34. The number of ether oxygens (including phenoxy) is 1. The lowest BCUT2D eigenvalue weighted by molar-refractivity contribution is -1.12. The summed E-state index contributed by atoms with van der Waals surface area (Å²) in [6.45, 7) is 3.70. The second-order valence-corrected chi connectivity index (χ2v) is 7.28. The van der Waals surface area contributed by atoms with Crippen molar-refractivity contribution in [2.24, 2.45) is 10.9 Å². The largest absolute Gasteiger partial charge is 0.450 e. The number of anilines is 1. The first-order valence-electron chi connectivity index (χ1n) is 8.84. The molecule has 0 aliphatic carbocycles. The fourth-order valence-electron chi connectivity index (χ4n) is 4.54. The molecule has 1 aromatic heterocycles. The first kappa shape index (κ1) is 15.0. The summed E-state index contributed by atoms with van der Waals surface area (Å²) in [4.78, 5) is 19.5. The third-order valence-electron chi connectivity index (χ3n) is 5.93. The molecule has 1 spiro atoms. The molecule has 7 nitrogen and oxygen atoms in total. The number of para-hydroxylation sites is 2. The lowest BCUT2D eigenvalue weighted by Gasteiger charge is -2.53. The predicted octanol–water partition coefficient (Wildman–Crippen LogP) is 1.97. The van der Waals surface area contributed by atoms with E-state index in [9.17, 15) is 0 Å². The number of quaternary nitrogens is 1. The molecule has 3 fully saturated rings. The molecule has 0 saturated carbocycles. The predicted molar refractivity (Wildman–Crippen MR) is 93.9 cm³/mol. The number of piperidine rings is 3. The third kappa shape index (κ3) is 2.38. The Morgan fingerprint density at radius 3 is 2.84 bits per heavy atom. The fourth-order valence-corrected chi connectivity index (χ4v) is 4.54. The Bertz CT molecular complexity index is 846. The Morgan fingerprint density at radius 1 is 1.24 bits per heavy atom. The number of nitrogens with one attached hydrogen (secondary N) is 1. The molecular weight excluding hydrogens is 318 g/mol. The monoisotopic (exact) mass is 340 g/mol. The quantitative estimate of drug-likeness (QED) is 0.847. The molecule has 0 amide bonds. The molecule has 0 unspecified atom stereocenters. The summed E-state index contributed by atoms with van der Waals surface area (Å²) in [5.74, 6) is 1.21. The van der Waals surface area contributed by atoms with Gasteiger partial charge in [-0.2, -0.15) is 4.65 Å². The molecular formula is C18H22N5O2+. The van der Waals surface area contributed by atoms with Gasteiger partial charge in [-0.05, 0) is 12.1 Å². The van der Waals surface area contributed by atoms with Gasteiger partial charge in [-0.25, -0.2) is 14.8 Å². The summed E-state index contributed by atoms with van der Waals surface area (Å²) in [7, 11) is 1.80. The van der Waals surface area contributed by atoms with E-state index in [1.165, 1.54) is 0 Å². The van der Waals surface area contributed by atoms with Crippen LogP contribution in [0.3, 0.4) is 0 Å². The van der Waals surface area contributed by atoms with Gasteiger partial charge in [0.1, 0.15) is 13.1 Å². The van der Waals surface area contributed by atoms with E-state index >= 15 is 0 Å². The van der Waals surface area contributed by atoms with E-state index in [-0.39, 0.29) is 5.60 Å². The molecule has 1 atom stereocenters. The lowest BCUT2D eigenvalue weighted by Crippen LogP contribution is -2.69. The highest BCUT2D eigenvalue weighted by Crippen LogP contribution is 2.44. The van der Waals surface area contributed by atoms with Crippen LogP contribution in [0, 0.1) is 5.92 Å². The number of aromatic nitrogens is 2. The zero-order chi connectivity index (χ0) is 16.9. The highest BCUT2D eigenvalue weighted by atomic mass is 16.7. The Labute approximate surface area is 146 Å². The molecule has 130 valence electrons. The Morgan fingerprint density at radius 2 is 2.04 bits per heavy atom. The summed E-state index contributed by atoms with van der Waals surface area (Å²) in [5, 5.41) is 3.20. The SMILES string of the molecule is CO[N+]12CCC(CC1)[C@]1(CN=C(Nc3cnc4ccccc4n3)O1)C2. The molecule has 2 bridgehead atoms. The summed E-state index contributed by atoms with van der Waals surface area (Å²) >= 11 is 0. The standard InChI is InChI=1S/C18H22N5O2/c1-24-23-8-6-13(7-9-23)18(12-23)11-20-17(25-18)22-16-10-19-14-4-2-3-5-15(14)21-16/h2-5,10,13H,6-9,11-12H2,1H3,(H,20,21,22)/q+1/t13?,18-,23?/m0/s1. The van der Waals surface area contributed by atoms with Crippen LogP contribution in [-0.2, 0) is 9.57 Å². The molecule has 1 N–H and O–H groups in total. The Hall–Kier alpha value is -2.25. The third-order valence-corrected chi connectivity index (χ3v) is 5.93. The minimum Gasteiger partial charge on any atom is -0.450 e. The van der Waals surface area contributed by atoms with Crippen molar-refractivity contribution in [1.29, 1.82) is 0 Å². The van der Waals surface area contributed by atoms with Crippen LogP contribution >= 0.6 is 0 Å².